The lowest BCUT2D eigenvalue weighted by atomic mass is 10.1. The summed E-state index contributed by atoms with van der Waals surface area (Å²) in [5.74, 6) is -0.217. The Balaban J connectivity index is 0.000001000. The molecule has 64 valence electrons. The Morgan fingerprint density at radius 2 is 2.18 bits per heavy atom. The van der Waals surface area contributed by atoms with Crippen LogP contribution in [0, 0.1) is 0 Å². The average molecular weight is 180 g/mol. The second kappa shape index (κ2) is 3.06. The van der Waals surface area contributed by atoms with Gasteiger partial charge >= 0.3 is 5.76 Å². The maximum Gasteiger partial charge on any atom is 0.438 e. The third-order valence-corrected chi connectivity index (χ3v) is 1.05. The Kier molecular flexibility index (Phi) is 2.84. The van der Waals surface area contributed by atoms with E-state index < -0.39 is 11.3 Å². The molecule has 0 aliphatic carbocycles. The molecule has 3 N–H and O–H groups in total. The van der Waals surface area contributed by atoms with Gasteiger partial charge in [0.15, 0.2) is 5.82 Å². The summed E-state index contributed by atoms with van der Waals surface area (Å²) in [5, 5.41) is 3.42. The third kappa shape index (κ3) is 2.36. The number of hydrogen-bond donors (Lipinski definition) is 2. The van der Waals surface area contributed by atoms with Crippen LogP contribution in [0.4, 0.5) is 0 Å². The van der Waals surface area contributed by atoms with Crippen molar-refractivity contribution in [3.63, 3.8) is 0 Å². The van der Waals surface area contributed by atoms with Gasteiger partial charge in [-0.25, -0.2) is 4.79 Å². The van der Waals surface area contributed by atoms with Gasteiger partial charge in [-0.3, -0.25) is 9.51 Å². The molecule has 1 aromatic rings. The van der Waals surface area contributed by atoms with Gasteiger partial charge in [0.2, 0.25) is 0 Å². The third-order valence-electron chi connectivity index (χ3n) is 1.05. The fourth-order valence-electron chi connectivity index (χ4n) is 0.508. The predicted molar refractivity (Wildman–Crippen MR) is 41.6 cm³/mol. The van der Waals surface area contributed by atoms with Crippen molar-refractivity contribution in [2.45, 2.75) is 19.4 Å². The summed E-state index contributed by atoms with van der Waals surface area (Å²) >= 11 is 0. The molecule has 6 heteroatoms. The molecule has 0 atom stereocenters. The van der Waals surface area contributed by atoms with Gasteiger partial charge in [-0.1, -0.05) is 5.16 Å². The molecule has 0 aliphatic heterocycles. The zero-order chi connectivity index (χ0) is 7.78. The van der Waals surface area contributed by atoms with Crippen molar-refractivity contribution in [2.75, 3.05) is 0 Å². The number of hydrogen-bond acceptors (Lipinski definition) is 4. The van der Waals surface area contributed by atoms with Gasteiger partial charge in [-0.2, -0.15) is 0 Å². The topological polar surface area (TPSA) is 84.9 Å². The molecule has 0 radical (unpaired) electrons. The molecule has 0 fully saturated rings. The Morgan fingerprint density at radius 1 is 1.64 bits per heavy atom. The van der Waals surface area contributed by atoms with Crippen molar-refractivity contribution in [2.24, 2.45) is 5.73 Å². The second-order valence-corrected chi connectivity index (χ2v) is 2.67. The second-order valence-electron chi connectivity index (χ2n) is 2.67. The summed E-state index contributed by atoms with van der Waals surface area (Å²) in [4.78, 5) is 12.8. The number of nitrogens with zero attached hydrogens (tertiary/aromatic N) is 1. The minimum Gasteiger partial charge on any atom is -0.319 e. The molecule has 0 unspecified atom stereocenters. The number of aromatic nitrogens is 2. The zero-order valence-electron chi connectivity index (χ0n) is 6.25. The summed E-state index contributed by atoms with van der Waals surface area (Å²) in [6.07, 6.45) is 0. The quantitative estimate of drug-likeness (QED) is 0.635. The summed E-state index contributed by atoms with van der Waals surface area (Å²) in [5.41, 5.74) is 4.93. The first-order valence-electron chi connectivity index (χ1n) is 2.85. The lowest BCUT2D eigenvalue weighted by Crippen LogP contribution is -2.30. The van der Waals surface area contributed by atoms with Crippen LogP contribution in [0.15, 0.2) is 9.32 Å². The first kappa shape index (κ1) is 10.2. The van der Waals surface area contributed by atoms with E-state index in [2.05, 4.69) is 14.7 Å². The van der Waals surface area contributed by atoms with Crippen molar-refractivity contribution in [1.82, 2.24) is 10.1 Å². The van der Waals surface area contributed by atoms with E-state index in [1.807, 2.05) is 0 Å². The van der Waals surface area contributed by atoms with Gasteiger partial charge in [-0.15, -0.1) is 12.4 Å². The minimum atomic E-state index is -0.647. The van der Waals surface area contributed by atoms with Crippen LogP contribution >= 0.6 is 12.4 Å². The molecular formula is C5H10ClN3O2. The van der Waals surface area contributed by atoms with E-state index in [1.54, 1.807) is 13.8 Å². The Morgan fingerprint density at radius 3 is 2.36 bits per heavy atom. The number of rotatable bonds is 1. The van der Waals surface area contributed by atoms with E-state index in [1.165, 1.54) is 0 Å². The largest absolute Gasteiger partial charge is 0.438 e. The molecule has 11 heavy (non-hydrogen) atoms. The summed E-state index contributed by atoms with van der Waals surface area (Å²) in [6.45, 7) is 3.45. The van der Waals surface area contributed by atoms with Gasteiger partial charge in [-0.05, 0) is 13.8 Å². The highest BCUT2D eigenvalue weighted by Gasteiger charge is 2.18. The van der Waals surface area contributed by atoms with Gasteiger partial charge in [0.05, 0.1) is 5.54 Å². The van der Waals surface area contributed by atoms with Gasteiger partial charge in [0.25, 0.3) is 0 Å². The van der Waals surface area contributed by atoms with Crippen LogP contribution in [0.3, 0.4) is 0 Å². The Labute approximate surface area is 69.4 Å². The monoisotopic (exact) mass is 179 g/mol. The molecule has 0 aromatic carbocycles. The first-order chi connectivity index (χ1) is 4.50. The van der Waals surface area contributed by atoms with E-state index >= 15 is 0 Å². The van der Waals surface area contributed by atoms with Crippen LogP contribution < -0.4 is 11.5 Å². The van der Waals surface area contributed by atoms with E-state index in [-0.39, 0.29) is 12.4 Å². The summed E-state index contributed by atoms with van der Waals surface area (Å²) in [7, 11) is 0. The Bertz CT molecular complexity index is 272. The van der Waals surface area contributed by atoms with E-state index in [4.69, 9.17) is 5.73 Å². The lowest BCUT2D eigenvalue weighted by molar-refractivity contribution is 0.366. The van der Waals surface area contributed by atoms with Gasteiger partial charge < -0.3 is 5.73 Å². The average Bonchev–Trinajstić information content (AvgIpc) is 2.11. The maximum atomic E-state index is 10.4. The van der Waals surface area contributed by atoms with E-state index in [9.17, 15) is 4.79 Å². The molecule has 0 saturated carbocycles. The first-order valence-corrected chi connectivity index (χ1v) is 2.85. The SMILES string of the molecule is CC(C)(N)c1noc(=O)[nH]1.Cl. The highest BCUT2D eigenvalue weighted by atomic mass is 35.5. The fraction of sp³-hybridized carbons (Fsp3) is 0.600. The molecule has 0 aliphatic rings. The van der Waals surface area contributed by atoms with Crippen molar-refractivity contribution in [3.05, 3.63) is 16.4 Å². The summed E-state index contributed by atoms with van der Waals surface area (Å²) in [6, 6.07) is 0. The normalized spacial score (nSPS) is 10.8. The van der Waals surface area contributed by atoms with Crippen molar-refractivity contribution < 1.29 is 4.52 Å². The highest BCUT2D eigenvalue weighted by Crippen LogP contribution is 2.07. The molecule has 0 amide bonds. The maximum absolute atomic E-state index is 10.4. The molecular weight excluding hydrogens is 170 g/mol. The highest BCUT2D eigenvalue weighted by molar-refractivity contribution is 5.85. The van der Waals surface area contributed by atoms with Crippen LogP contribution in [-0.4, -0.2) is 10.1 Å². The molecule has 0 bridgehead atoms. The standard InChI is InChI=1S/C5H9N3O2.ClH/c1-5(2,6)3-7-4(9)10-8-3;/h6H2,1-2H3,(H,7,8,9);1H. The number of H-pyrrole nitrogens is 1. The van der Waals surface area contributed by atoms with Crippen LogP contribution in [0.1, 0.15) is 19.7 Å². The van der Waals surface area contributed by atoms with Crippen LogP contribution in [0.2, 0.25) is 0 Å². The molecule has 0 spiro atoms. The van der Waals surface area contributed by atoms with Crippen molar-refractivity contribution in [1.29, 1.82) is 0 Å². The van der Waals surface area contributed by atoms with Crippen LogP contribution in [0.5, 0.6) is 0 Å². The predicted octanol–water partition coefficient (Wildman–Crippen LogP) is -0.0215. The number of nitrogens with two attached hydrogens (primary N) is 1. The number of nitrogens with one attached hydrogen (secondary N) is 1. The lowest BCUT2D eigenvalue weighted by Gasteiger charge is -2.11. The molecule has 1 heterocycles. The van der Waals surface area contributed by atoms with E-state index in [0.717, 1.165) is 0 Å². The minimum absolute atomic E-state index is 0. The zero-order valence-corrected chi connectivity index (χ0v) is 7.07. The van der Waals surface area contributed by atoms with Crippen molar-refractivity contribution >= 4 is 12.4 Å². The fourth-order valence-corrected chi connectivity index (χ4v) is 0.508. The van der Waals surface area contributed by atoms with Crippen molar-refractivity contribution in [3.8, 4) is 0 Å². The summed E-state index contributed by atoms with van der Waals surface area (Å²) < 4.78 is 4.25. The molecule has 5 nitrogen and oxygen atoms in total. The molecule has 1 aromatic heterocycles. The molecule has 1 rings (SSSR count). The smallest absolute Gasteiger partial charge is 0.319 e. The van der Waals surface area contributed by atoms with Gasteiger partial charge in [0.1, 0.15) is 0 Å². The van der Waals surface area contributed by atoms with Gasteiger partial charge in [0, 0.05) is 0 Å². The molecule has 0 saturated heterocycles. The van der Waals surface area contributed by atoms with E-state index in [0.29, 0.717) is 5.82 Å². The van der Waals surface area contributed by atoms with Crippen LogP contribution in [0.25, 0.3) is 0 Å². The Hall–Kier alpha value is -0.810. The number of aromatic amines is 1. The van der Waals surface area contributed by atoms with Crippen LogP contribution in [-0.2, 0) is 5.54 Å². The number of halogens is 1.